The Labute approximate surface area is 205 Å². The van der Waals surface area contributed by atoms with Gasteiger partial charge in [-0.3, -0.25) is 0 Å². The van der Waals surface area contributed by atoms with E-state index in [2.05, 4.69) is 26.2 Å². The largest absolute Gasteiger partial charge is 0.490 e. The molecular formula is C25H29N5O4S. The van der Waals surface area contributed by atoms with Gasteiger partial charge >= 0.3 is 0 Å². The third-order valence-electron chi connectivity index (χ3n) is 5.77. The minimum Gasteiger partial charge on any atom is -0.490 e. The van der Waals surface area contributed by atoms with Crippen LogP contribution in [-0.4, -0.2) is 43.5 Å². The van der Waals surface area contributed by atoms with Gasteiger partial charge in [-0.15, -0.1) is 0 Å². The van der Waals surface area contributed by atoms with E-state index in [0.29, 0.717) is 48.0 Å². The van der Waals surface area contributed by atoms with Crippen LogP contribution < -0.4 is 14.8 Å². The lowest BCUT2D eigenvalue weighted by Crippen LogP contribution is -2.33. The van der Waals surface area contributed by atoms with Crippen molar-refractivity contribution in [2.45, 2.75) is 45.8 Å². The molecule has 0 bridgehead atoms. The second kappa shape index (κ2) is 10.6. The van der Waals surface area contributed by atoms with Gasteiger partial charge < -0.3 is 14.6 Å². The number of rotatable bonds is 10. The molecule has 0 radical (unpaired) electrons. The SMILES string of the molecule is CCNCCS(=O)(=O)N[C@H]1CCc2c(-c3noc(-c4ccc(OC(C)C)c(C#N)c4)n3)cccc21. The quantitative estimate of drug-likeness (QED) is 0.408. The summed E-state index contributed by atoms with van der Waals surface area (Å²) in [6, 6.07) is 12.8. The maximum Gasteiger partial charge on any atom is 0.258 e. The maximum absolute atomic E-state index is 12.5. The van der Waals surface area contributed by atoms with Crippen molar-refractivity contribution in [3.05, 3.63) is 53.1 Å². The van der Waals surface area contributed by atoms with Crippen molar-refractivity contribution >= 4 is 10.0 Å². The van der Waals surface area contributed by atoms with Crippen molar-refractivity contribution < 1.29 is 17.7 Å². The summed E-state index contributed by atoms with van der Waals surface area (Å²) in [4.78, 5) is 4.57. The van der Waals surface area contributed by atoms with Gasteiger partial charge in [0, 0.05) is 23.7 Å². The van der Waals surface area contributed by atoms with Gasteiger partial charge in [0.1, 0.15) is 11.8 Å². The van der Waals surface area contributed by atoms with E-state index in [0.717, 1.165) is 23.2 Å². The van der Waals surface area contributed by atoms with E-state index in [1.165, 1.54) is 0 Å². The Morgan fingerprint density at radius 3 is 2.86 bits per heavy atom. The van der Waals surface area contributed by atoms with Crippen molar-refractivity contribution in [3.8, 4) is 34.7 Å². The molecule has 1 heterocycles. The Hall–Kier alpha value is -3.26. The first kappa shape index (κ1) is 24.9. The highest BCUT2D eigenvalue weighted by Gasteiger charge is 2.29. The summed E-state index contributed by atoms with van der Waals surface area (Å²) in [5.74, 6) is 1.26. The summed E-state index contributed by atoms with van der Waals surface area (Å²) in [6.45, 7) is 6.88. The normalized spacial score (nSPS) is 15.2. The number of hydrogen-bond acceptors (Lipinski definition) is 8. The van der Waals surface area contributed by atoms with Crippen molar-refractivity contribution in [2.24, 2.45) is 0 Å². The van der Waals surface area contributed by atoms with Gasteiger partial charge in [-0.25, -0.2) is 13.1 Å². The van der Waals surface area contributed by atoms with Gasteiger partial charge in [-0.05, 0) is 62.6 Å². The van der Waals surface area contributed by atoms with Crippen LogP contribution in [0.4, 0.5) is 0 Å². The van der Waals surface area contributed by atoms with Crippen LogP contribution in [0.1, 0.15) is 49.9 Å². The summed E-state index contributed by atoms with van der Waals surface area (Å²) >= 11 is 0. The van der Waals surface area contributed by atoms with E-state index in [1.807, 2.05) is 39.0 Å². The van der Waals surface area contributed by atoms with E-state index in [-0.39, 0.29) is 17.9 Å². The molecule has 1 atom stereocenters. The highest BCUT2D eigenvalue weighted by Crippen LogP contribution is 2.38. The van der Waals surface area contributed by atoms with E-state index >= 15 is 0 Å². The molecule has 2 aromatic carbocycles. The molecule has 0 aliphatic heterocycles. The van der Waals surface area contributed by atoms with Gasteiger partial charge in [-0.1, -0.05) is 30.3 Å². The molecule has 0 saturated carbocycles. The number of benzene rings is 2. The number of ether oxygens (including phenoxy) is 1. The van der Waals surface area contributed by atoms with Crippen molar-refractivity contribution in [3.63, 3.8) is 0 Å². The van der Waals surface area contributed by atoms with Gasteiger partial charge in [0.05, 0.1) is 17.4 Å². The smallest absolute Gasteiger partial charge is 0.258 e. The molecular weight excluding hydrogens is 466 g/mol. The van der Waals surface area contributed by atoms with Crippen LogP contribution in [0, 0.1) is 11.3 Å². The third-order valence-corrected chi connectivity index (χ3v) is 7.15. The highest BCUT2D eigenvalue weighted by atomic mass is 32.2. The summed E-state index contributed by atoms with van der Waals surface area (Å²) in [5.41, 5.74) is 3.77. The average molecular weight is 496 g/mol. The molecule has 0 spiro atoms. The molecule has 0 unspecified atom stereocenters. The monoisotopic (exact) mass is 495 g/mol. The number of fused-ring (bicyclic) bond motifs is 1. The Morgan fingerprint density at radius 2 is 2.11 bits per heavy atom. The fourth-order valence-corrected chi connectivity index (χ4v) is 5.41. The Bertz CT molecular complexity index is 1340. The fraction of sp³-hybridized carbons (Fsp3) is 0.400. The van der Waals surface area contributed by atoms with Gasteiger partial charge in [0.15, 0.2) is 0 Å². The van der Waals surface area contributed by atoms with Gasteiger partial charge in [0.2, 0.25) is 15.8 Å². The number of nitrogens with one attached hydrogen (secondary N) is 2. The summed E-state index contributed by atoms with van der Waals surface area (Å²) in [5, 5.41) is 16.7. The predicted molar refractivity (Wildman–Crippen MR) is 132 cm³/mol. The minimum atomic E-state index is -3.41. The fourth-order valence-electron chi connectivity index (χ4n) is 4.20. The molecule has 3 aromatic rings. The minimum absolute atomic E-state index is 0.0340. The van der Waals surface area contributed by atoms with E-state index in [1.54, 1.807) is 18.2 Å². The number of aromatic nitrogens is 2. The zero-order chi connectivity index (χ0) is 25.0. The lowest BCUT2D eigenvalue weighted by molar-refractivity contribution is 0.241. The summed E-state index contributed by atoms with van der Waals surface area (Å²) in [7, 11) is -3.41. The lowest BCUT2D eigenvalue weighted by Gasteiger charge is -2.15. The second-order valence-corrected chi connectivity index (χ2v) is 10.5. The molecule has 10 heteroatoms. The molecule has 1 aromatic heterocycles. The molecule has 2 N–H and O–H groups in total. The molecule has 0 amide bonds. The standard InChI is InChI=1S/C25H29N5O4S/c1-4-27-12-13-35(31,32)30-22-10-9-19-20(22)6-5-7-21(19)24-28-25(34-29-24)17-8-11-23(33-16(2)3)18(14-17)15-26/h5-8,11,14,16,22,27,30H,4,9-10,12-13H2,1-3H3/t22-/m0/s1. The number of nitriles is 1. The van der Waals surface area contributed by atoms with Crippen LogP contribution in [0.3, 0.4) is 0 Å². The average Bonchev–Trinajstić information content (AvgIpc) is 3.47. The van der Waals surface area contributed by atoms with Crippen LogP contribution in [0.2, 0.25) is 0 Å². The molecule has 4 rings (SSSR count). The highest BCUT2D eigenvalue weighted by molar-refractivity contribution is 7.89. The van der Waals surface area contributed by atoms with Crippen LogP contribution in [0.5, 0.6) is 5.75 Å². The number of hydrogen-bond donors (Lipinski definition) is 2. The molecule has 0 saturated heterocycles. The first-order valence-corrected chi connectivity index (χ1v) is 13.3. The van der Waals surface area contributed by atoms with Crippen molar-refractivity contribution in [1.29, 1.82) is 5.26 Å². The zero-order valence-corrected chi connectivity index (χ0v) is 20.9. The molecule has 35 heavy (non-hydrogen) atoms. The number of sulfonamides is 1. The lowest BCUT2D eigenvalue weighted by atomic mass is 10.0. The van der Waals surface area contributed by atoms with Gasteiger partial charge in [0.25, 0.3) is 5.89 Å². The molecule has 1 aliphatic rings. The molecule has 184 valence electrons. The maximum atomic E-state index is 12.5. The van der Waals surface area contributed by atoms with Crippen molar-refractivity contribution in [1.82, 2.24) is 20.2 Å². The first-order chi connectivity index (χ1) is 16.8. The van der Waals surface area contributed by atoms with Crippen LogP contribution in [0.25, 0.3) is 22.8 Å². The Kier molecular flexibility index (Phi) is 7.50. The topological polar surface area (TPSA) is 130 Å². The van der Waals surface area contributed by atoms with Crippen LogP contribution >= 0.6 is 0 Å². The predicted octanol–water partition coefficient (Wildman–Crippen LogP) is 3.58. The Morgan fingerprint density at radius 1 is 1.29 bits per heavy atom. The molecule has 9 nitrogen and oxygen atoms in total. The van der Waals surface area contributed by atoms with Crippen LogP contribution in [0.15, 0.2) is 40.9 Å². The van der Waals surface area contributed by atoms with E-state index in [9.17, 15) is 13.7 Å². The third kappa shape index (κ3) is 5.70. The first-order valence-electron chi connectivity index (χ1n) is 11.7. The second-order valence-electron chi connectivity index (χ2n) is 8.67. The molecule has 0 fully saturated rings. The van der Waals surface area contributed by atoms with Gasteiger partial charge in [-0.2, -0.15) is 10.2 Å². The van der Waals surface area contributed by atoms with Crippen LogP contribution in [-0.2, 0) is 16.4 Å². The molecule has 1 aliphatic carbocycles. The number of nitrogens with zero attached hydrogens (tertiary/aromatic N) is 3. The zero-order valence-electron chi connectivity index (χ0n) is 20.0. The van der Waals surface area contributed by atoms with E-state index < -0.39 is 10.0 Å². The van der Waals surface area contributed by atoms with Crippen molar-refractivity contribution in [2.75, 3.05) is 18.8 Å². The summed E-state index contributed by atoms with van der Waals surface area (Å²) in [6.07, 6.45) is 1.32. The Balaban J connectivity index is 1.57. The van der Waals surface area contributed by atoms with E-state index in [4.69, 9.17) is 9.26 Å². The summed E-state index contributed by atoms with van der Waals surface area (Å²) < 4.78 is 39.0.